The number of unbranched alkanes of at least 4 members (excludes halogenated alkanes) is 2. The summed E-state index contributed by atoms with van der Waals surface area (Å²) >= 11 is 3.41. The Morgan fingerprint density at radius 2 is 1.83 bits per heavy atom. The van der Waals surface area contributed by atoms with Gasteiger partial charge in [-0.15, -0.1) is 0 Å². The molecular weight excluding hydrogens is 220 g/mol. The molecule has 1 aliphatic heterocycles. The van der Waals surface area contributed by atoms with E-state index in [1.807, 2.05) is 0 Å². The van der Waals surface area contributed by atoms with E-state index < -0.39 is 0 Å². The van der Waals surface area contributed by atoms with Crippen molar-refractivity contribution in [1.29, 1.82) is 0 Å². The van der Waals surface area contributed by atoms with E-state index >= 15 is 0 Å². The summed E-state index contributed by atoms with van der Waals surface area (Å²) in [6.07, 6.45) is 5.96. The maximum atomic E-state index is 5.42. The number of hydrogen-bond acceptors (Lipinski definition) is 2. The second-order valence-electron chi connectivity index (χ2n) is 3.06. The Morgan fingerprint density at radius 3 is 2.50 bits per heavy atom. The van der Waals surface area contributed by atoms with Crippen LogP contribution in [0.1, 0.15) is 32.1 Å². The van der Waals surface area contributed by atoms with Crippen molar-refractivity contribution in [2.75, 3.05) is 18.5 Å². The highest BCUT2D eigenvalue weighted by Gasteiger charge is 2.12. The van der Waals surface area contributed by atoms with Gasteiger partial charge < -0.3 is 9.47 Å². The first-order valence-electron chi connectivity index (χ1n) is 4.72. The van der Waals surface area contributed by atoms with E-state index in [0.717, 1.165) is 31.4 Å². The van der Waals surface area contributed by atoms with Crippen molar-refractivity contribution in [3.8, 4) is 0 Å². The van der Waals surface area contributed by atoms with E-state index in [1.165, 1.54) is 19.3 Å². The molecule has 0 spiro atoms. The van der Waals surface area contributed by atoms with Crippen molar-refractivity contribution in [1.82, 2.24) is 0 Å². The van der Waals surface area contributed by atoms with Crippen LogP contribution < -0.4 is 0 Å². The van der Waals surface area contributed by atoms with E-state index in [4.69, 9.17) is 9.47 Å². The van der Waals surface area contributed by atoms with E-state index in [1.54, 1.807) is 0 Å². The Bertz CT molecular complexity index is 103. The lowest BCUT2D eigenvalue weighted by molar-refractivity contribution is -0.181. The number of ether oxygens (including phenoxy) is 2. The summed E-state index contributed by atoms with van der Waals surface area (Å²) in [6, 6.07) is 0. The Balaban J connectivity index is 1.91. The predicted octanol–water partition coefficient (Wildman–Crippen LogP) is 2.70. The lowest BCUT2D eigenvalue weighted by Crippen LogP contribution is -2.24. The second-order valence-corrected chi connectivity index (χ2v) is 3.86. The first-order chi connectivity index (χ1) is 5.93. The molecule has 0 saturated carbocycles. The monoisotopic (exact) mass is 236 g/mol. The third kappa shape index (κ3) is 4.43. The minimum Gasteiger partial charge on any atom is -0.353 e. The van der Waals surface area contributed by atoms with Crippen LogP contribution in [0.2, 0.25) is 0 Å². The second kappa shape index (κ2) is 6.87. The molecule has 1 aliphatic rings. The Hall–Kier alpha value is 0.400. The SMILES string of the molecule is BrCCCCCC1OCCCO1. The van der Waals surface area contributed by atoms with Gasteiger partial charge in [0.15, 0.2) is 6.29 Å². The summed E-state index contributed by atoms with van der Waals surface area (Å²) in [5.74, 6) is 0. The Kier molecular flexibility index (Phi) is 6.00. The maximum Gasteiger partial charge on any atom is 0.157 e. The number of rotatable bonds is 5. The van der Waals surface area contributed by atoms with Crippen molar-refractivity contribution < 1.29 is 9.47 Å². The largest absolute Gasteiger partial charge is 0.353 e. The van der Waals surface area contributed by atoms with Gasteiger partial charge in [-0.25, -0.2) is 0 Å². The van der Waals surface area contributed by atoms with Gasteiger partial charge >= 0.3 is 0 Å². The molecule has 0 aliphatic carbocycles. The third-order valence-electron chi connectivity index (χ3n) is 1.97. The molecule has 0 aromatic heterocycles. The van der Waals surface area contributed by atoms with Crippen LogP contribution in [0.3, 0.4) is 0 Å². The van der Waals surface area contributed by atoms with Crippen LogP contribution in [0.15, 0.2) is 0 Å². The summed E-state index contributed by atoms with van der Waals surface area (Å²) in [6.45, 7) is 1.76. The van der Waals surface area contributed by atoms with Crippen molar-refractivity contribution >= 4 is 15.9 Å². The molecule has 1 fully saturated rings. The van der Waals surface area contributed by atoms with Crippen molar-refractivity contribution in [2.24, 2.45) is 0 Å². The fourth-order valence-electron chi connectivity index (χ4n) is 1.29. The molecule has 0 aromatic carbocycles. The fourth-order valence-corrected chi connectivity index (χ4v) is 1.68. The van der Waals surface area contributed by atoms with Crippen LogP contribution in [-0.2, 0) is 9.47 Å². The number of alkyl halides is 1. The van der Waals surface area contributed by atoms with Gasteiger partial charge in [0, 0.05) is 5.33 Å². The average molecular weight is 237 g/mol. The first-order valence-corrected chi connectivity index (χ1v) is 5.85. The zero-order valence-electron chi connectivity index (χ0n) is 7.43. The van der Waals surface area contributed by atoms with Gasteiger partial charge in [0.25, 0.3) is 0 Å². The van der Waals surface area contributed by atoms with Gasteiger partial charge in [-0.05, 0) is 25.7 Å². The standard InChI is InChI=1S/C9H17BrO2/c10-6-3-1-2-5-9-11-7-4-8-12-9/h9H,1-8H2. The molecule has 3 heteroatoms. The zero-order chi connectivity index (χ0) is 8.65. The first kappa shape index (κ1) is 10.5. The van der Waals surface area contributed by atoms with E-state index in [0.29, 0.717) is 0 Å². The van der Waals surface area contributed by atoms with Gasteiger partial charge in [-0.1, -0.05) is 22.4 Å². The minimum absolute atomic E-state index is 0.0917. The maximum absolute atomic E-state index is 5.42. The minimum atomic E-state index is 0.0917. The van der Waals surface area contributed by atoms with Gasteiger partial charge in [0.1, 0.15) is 0 Å². The quantitative estimate of drug-likeness (QED) is 0.540. The van der Waals surface area contributed by atoms with Crippen molar-refractivity contribution in [2.45, 2.75) is 38.4 Å². The van der Waals surface area contributed by atoms with E-state index in [9.17, 15) is 0 Å². The van der Waals surface area contributed by atoms with E-state index in [-0.39, 0.29) is 6.29 Å². The number of halogens is 1. The van der Waals surface area contributed by atoms with Crippen molar-refractivity contribution in [3.63, 3.8) is 0 Å². The van der Waals surface area contributed by atoms with Crippen LogP contribution in [0.25, 0.3) is 0 Å². The van der Waals surface area contributed by atoms with Gasteiger partial charge in [0.2, 0.25) is 0 Å². The van der Waals surface area contributed by atoms with Crippen LogP contribution in [0.4, 0.5) is 0 Å². The topological polar surface area (TPSA) is 18.5 Å². The smallest absolute Gasteiger partial charge is 0.157 e. The molecule has 0 atom stereocenters. The summed E-state index contributed by atoms with van der Waals surface area (Å²) < 4.78 is 10.8. The summed E-state index contributed by atoms with van der Waals surface area (Å²) in [4.78, 5) is 0. The fraction of sp³-hybridized carbons (Fsp3) is 1.00. The lowest BCUT2D eigenvalue weighted by atomic mass is 10.2. The predicted molar refractivity (Wildman–Crippen MR) is 52.6 cm³/mol. The molecule has 1 rings (SSSR count). The molecule has 0 amide bonds. The van der Waals surface area contributed by atoms with Crippen molar-refractivity contribution in [3.05, 3.63) is 0 Å². The highest BCUT2D eigenvalue weighted by Crippen LogP contribution is 2.12. The van der Waals surface area contributed by atoms with Crippen LogP contribution >= 0.6 is 15.9 Å². The van der Waals surface area contributed by atoms with Crippen LogP contribution in [0.5, 0.6) is 0 Å². The number of hydrogen-bond donors (Lipinski definition) is 0. The third-order valence-corrected chi connectivity index (χ3v) is 2.53. The van der Waals surface area contributed by atoms with Gasteiger partial charge in [0.05, 0.1) is 13.2 Å². The molecule has 0 N–H and O–H groups in total. The summed E-state index contributed by atoms with van der Waals surface area (Å²) in [7, 11) is 0. The molecule has 2 nitrogen and oxygen atoms in total. The summed E-state index contributed by atoms with van der Waals surface area (Å²) in [5.41, 5.74) is 0. The highest BCUT2D eigenvalue weighted by molar-refractivity contribution is 9.09. The molecule has 0 aromatic rings. The summed E-state index contributed by atoms with van der Waals surface area (Å²) in [5, 5.41) is 1.11. The van der Waals surface area contributed by atoms with Crippen LogP contribution in [0, 0.1) is 0 Å². The van der Waals surface area contributed by atoms with Gasteiger partial charge in [-0.2, -0.15) is 0 Å². The Morgan fingerprint density at radius 1 is 1.08 bits per heavy atom. The van der Waals surface area contributed by atoms with E-state index in [2.05, 4.69) is 15.9 Å². The molecule has 1 heterocycles. The highest BCUT2D eigenvalue weighted by atomic mass is 79.9. The molecule has 0 radical (unpaired) electrons. The molecular formula is C9H17BrO2. The van der Waals surface area contributed by atoms with Crippen LogP contribution in [-0.4, -0.2) is 24.8 Å². The zero-order valence-corrected chi connectivity index (χ0v) is 9.01. The lowest BCUT2D eigenvalue weighted by Gasteiger charge is -2.22. The molecule has 12 heavy (non-hydrogen) atoms. The molecule has 0 unspecified atom stereocenters. The van der Waals surface area contributed by atoms with Gasteiger partial charge in [-0.3, -0.25) is 0 Å². The molecule has 0 bridgehead atoms. The average Bonchev–Trinajstić information content (AvgIpc) is 2.14. The molecule has 72 valence electrons. The molecule has 1 saturated heterocycles. The normalized spacial score (nSPS) is 19.8. The Labute approximate surface area is 82.7 Å².